The van der Waals surface area contributed by atoms with Crippen molar-refractivity contribution < 1.29 is 5.21 Å². The molecule has 0 aromatic heterocycles. The number of nitrogens with two attached hydrogens (primary N) is 1. The molecule has 0 atom stereocenters. The average Bonchev–Trinajstić information content (AvgIpc) is 1.46. The molecule has 0 aliphatic carbocycles. The van der Waals surface area contributed by atoms with Gasteiger partial charge in [-0.05, 0) is 6.92 Å². The molecule has 2 nitrogen and oxygen atoms in total. The van der Waals surface area contributed by atoms with Crippen molar-refractivity contribution >= 4 is 12.4 Å². The molecule has 0 aromatic rings. The normalized spacial score (nSPS) is 3.17. The zero-order valence-electron chi connectivity index (χ0n) is 3.72. The van der Waals surface area contributed by atoms with Gasteiger partial charge in [0.05, 0.1) is 0 Å². The quantitative estimate of drug-likeness (QED) is 0.361. The van der Waals surface area contributed by atoms with Gasteiger partial charge in [0.25, 0.3) is 0 Å². The SMILES string of the molecule is C=CC.Cl.NO. The first-order valence-electron chi connectivity index (χ1n) is 1.24. The van der Waals surface area contributed by atoms with Gasteiger partial charge in [-0.25, -0.2) is 5.90 Å². The van der Waals surface area contributed by atoms with Crippen LogP contribution in [0.25, 0.3) is 0 Å². The summed E-state index contributed by atoms with van der Waals surface area (Å²) in [6, 6.07) is 0. The molecule has 0 radical (unpaired) electrons. The second-order valence-corrected chi connectivity index (χ2v) is 0.408. The van der Waals surface area contributed by atoms with Crippen LogP contribution in [0, 0.1) is 0 Å². The fourth-order valence-corrected chi connectivity index (χ4v) is 0. The lowest BCUT2D eigenvalue weighted by atomic mass is 10.8. The summed E-state index contributed by atoms with van der Waals surface area (Å²) in [4.78, 5) is 0. The van der Waals surface area contributed by atoms with Crippen LogP contribution in [-0.4, -0.2) is 5.21 Å². The van der Waals surface area contributed by atoms with Crippen LogP contribution in [0.2, 0.25) is 0 Å². The molecule has 0 amide bonds. The molecular formula is C3H10ClNO. The van der Waals surface area contributed by atoms with Crippen LogP contribution in [0.1, 0.15) is 6.92 Å². The molecule has 0 unspecified atom stereocenters. The molecule has 0 aliphatic heterocycles. The van der Waals surface area contributed by atoms with Gasteiger partial charge < -0.3 is 5.21 Å². The Kier molecular flexibility index (Phi) is 239. The van der Waals surface area contributed by atoms with Crippen LogP contribution in [0.5, 0.6) is 0 Å². The largest absolute Gasteiger partial charge is 0.320 e. The van der Waals surface area contributed by atoms with E-state index in [0.717, 1.165) is 0 Å². The molecule has 0 saturated carbocycles. The molecule has 0 aromatic carbocycles. The third kappa shape index (κ3) is 13700. The molecule has 6 heavy (non-hydrogen) atoms. The maximum Gasteiger partial charge on any atom is -0.0473 e. The number of halogens is 1. The van der Waals surface area contributed by atoms with E-state index in [1.54, 1.807) is 6.08 Å². The van der Waals surface area contributed by atoms with Crippen LogP contribution >= 0.6 is 12.4 Å². The third-order valence-electron chi connectivity index (χ3n) is 0. The summed E-state index contributed by atoms with van der Waals surface area (Å²) in [6.07, 6.45) is 1.75. The van der Waals surface area contributed by atoms with E-state index in [1.165, 1.54) is 0 Å². The van der Waals surface area contributed by atoms with Gasteiger partial charge in [-0.2, -0.15) is 0 Å². The minimum Gasteiger partial charge on any atom is -0.320 e. The minimum absolute atomic E-state index is 0. The number of hydrogen-bond acceptors (Lipinski definition) is 2. The van der Waals surface area contributed by atoms with Gasteiger partial charge in [-0.3, -0.25) is 0 Å². The highest BCUT2D eigenvalue weighted by molar-refractivity contribution is 5.85. The molecule has 0 rings (SSSR count). The monoisotopic (exact) mass is 111 g/mol. The molecule has 40 valence electrons. The van der Waals surface area contributed by atoms with Crippen molar-refractivity contribution in [1.82, 2.24) is 0 Å². The van der Waals surface area contributed by atoms with E-state index >= 15 is 0 Å². The maximum atomic E-state index is 6.50. The van der Waals surface area contributed by atoms with E-state index in [1.807, 2.05) is 6.92 Å². The highest BCUT2D eigenvalue weighted by Crippen LogP contribution is 1.38. The first kappa shape index (κ1) is 16.8. The zero-order chi connectivity index (χ0) is 4.71. The molecule has 0 fully saturated rings. The first-order valence-corrected chi connectivity index (χ1v) is 1.24. The van der Waals surface area contributed by atoms with Crippen LogP contribution in [0.4, 0.5) is 0 Å². The van der Waals surface area contributed by atoms with E-state index in [9.17, 15) is 0 Å². The Morgan fingerprint density at radius 1 is 1.67 bits per heavy atom. The maximum absolute atomic E-state index is 6.50. The Morgan fingerprint density at radius 3 is 1.67 bits per heavy atom. The summed E-state index contributed by atoms with van der Waals surface area (Å²) in [5, 5.41) is 6.50. The molecule has 3 heteroatoms. The van der Waals surface area contributed by atoms with Gasteiger partial charge in [0, 0.05) is 0 Å². The zero-order valence-corrected chi connectivity index (χ0v) is 4.53. The van der Waals surface area contributed by atoms with Crippen molar-refractivity contribution in [3.8, 4) is 0 Å². The second kappa shape index (κ2) is 85.6. The predicted molar refractivity (Wildman–Crippen MR) is 29.1 cm³/mol. The van der Waals surface area contributed by atoms with E-state index in [-0.39, 0.29) is 12.4 Å². The summed E-state index contributed by atoms with van der Waals surface area (Å²) in [7, 11) is 0. The Hall–Kier alpha value is -0.0500. The highest BCUT2D eigenvalue weighted by atomic mass is 35.5. The van der Waals surface area contributed by atoms with Crippen LogP contribution in [-0.2, 0) is 0 Å². The van der Waals surface area contributed by atoms with Crippen LogP contribution in [0.15, 0.2) is 12.7 Å². The van der Waals surface area contributed by atoms with Crippen molar-refractivity contribution in [3.05, 3.63) is 12.7 Å². The molecular weight excluding hydrogens is 101 g/mol. The second-order valence-electron chi connectivity index (χ2n) is 0.408. The van der Waals surface area contributed by atoms with Gasteiger partial charge in [0.2, 0.25) is 0 Å². The molecule has 0 bridgehead atoms. The highest BCUT2D eigenvalue weighted by Gasteiger charge is 1.15. The van der Waals surface area contributed by atoms with Gasteiger partial charge >= 0.3 is 0 Å². The predicted octanol–water partition coefficient (Wildman–Crippen LogP) is 0.948. The molecule has 3 N–H and O–H groups in total. The van der Waals surface area contributed by atoms with E-state index in [2.05, 4.69) is 12.5 Å². The van der Waals surface area contributed by atoms with Gasteiger partial charge in [-0.1, -0.05) is 6.08 Å². The standard InChI is InChI=1S/C3H6.ClH.H3NO/c1-3-2;;1-2/h3H,1H2,2H3;1H;2H,1H2. The van der Waals surface area contributed by atoms with Crippen molar-refractivity contribution in [2.45, 2.75) is 6.92 Å². The lowest BCUT2D eigenvalue weighted by molar-refractivity contribution is 0.311. The minimum atomic E-state index is 0. The lowest BCUT2D eigenvalue weighted by Crippen LogP contribution is -1.72. The van der Waals surface area contributed by atoms with Crippen molar-refractivity contribution in [1.29, 1.82) is 0 Å². The van der Waals surface area contributed by atoms with Crippen molar-refractivity contribution in [2.75, 3.05) is 0 Å². The van der Waals surface area contributed by atoms with Crippen molar-refractivity contribution in [3.63, 3.8) is 0 Å². The van der Waals surface area contributed by atoms with Crippen LogP contribution < -0.4 is 5.90 Å². The van der Waals surface area contributed by atoms with Gasteiger partial charge in [0.1, 0.15) is 0 Å². The fraction of sp³-hybridized carbons (Fsp3) is 0.333. The summed E-state index contributed by atoms with van der Waals surface area (Å²) in [5.74, 6) is 3.50. The molecule has 0 spiro atoms. The fourth-order valence-electron chi connectivity index (χ4n) is 0. The first-order chi connectivity index (χ1) is 2.41. The smallest absolute Gasteiger partial charge is 0.0473 e. The summed E-state index contributed by atoms with van der Waals surface area (Å²) >= 11 is 0. The Bertz CT molecular complexity index is 18.3. The Balaban J connectivity index is -0.0000000275. The van der Waals surface area contributed by atoms with Crippen molar-refractivity contribution in [2.24, 2.45) is 5.90 Å². The molecule has 0 aliphatic rings. The van der Waals surface area contributed by atoms with E-state index in [0.29, 0.717) is 0 Å². The lowest BCUT2D eigenvalue weighted by Gasteiger charge is -1.31. The van der Waals surface area contributed by atoms with E-state index in [4.69, 9.17) is 5.21 Å². The molecule has 0 saturated heterocycles. The Labute approximate surface area is 44.0 Å². The van der Waals surface area contributed by atoms with Gasteiger partial charge in [0.15, 0.2) is 0 Å². The topological polar surface area (TPSA) is 46.2 Å². The summed E-state index contributed by atoms with van der Waals surface area (Å²) in [6.45, 7) is 5.25. The third-order valence-corrected chi connectivity index (χ3v) is 0. The summed E-state index contributed by atoms with van der Waals surface area (Å²) in [5.41, 5.74) is 0. The number of rotatable bonds is 0. The summed E-state index contributed by atoms with van der Waals surface area (Å²) < 4.78 is 0. The average molecular weight is 112 g/mol. The van der Waals surface area contributed by atoms with Crippen LogP contribution in [0.3, 0.4) is 0 Å². The van der Waals surface area contributed by atoms with E-state index < -0.39 is 0 Å². The molecule has 0 heterocycles. The Morgan fingerprint density at radius 2 is 1.67 bits per heavy atom. The van der Waals surface area contributed by atoms with Gasteiger partial charge in [-0.15, -0.1) is 19.0 Å². The number of hydrogen-bond donors (Lipinski definition) is 2. The number of allylic oxidation sites excluding steroid dienone is 1.